The van der Waals surface area contributed by atoms with E-state index in [9.17, 15) is 13.2 Å². The summed E-state index contributed by atoms with van der Waals surface area (Å²) in [5, 5.41) is 3.76. The van der Waals surface area contributed by atoms with E-state index in [4.69, 9.17) is 5.73 Å². The first-order valence-electron chi connectivity index (χ1n) is 8.46. The third kappa shape index (κ3) is 4.19. The third-order valence-corrected chi connectivity index (χ3v) is 4.51. The first kappa shape index (κ1) is 17.9. The molecule has 1 aliphatic heterocycles. The Morgan fingerprint density at radius 2 is 2.12 bits per heavy atom. The Hall–Kier alpha value is -1.93. The summed E-state index contributed by atoms with van der Waals surface area (Å²) in [6.07, 6.45) is -0.886. The molecule has 1 fully saturated rings. The van der Waals surface area contributed by atoms with Crippen LogP contribution in [0.15, 0.2) is 24.5 Å². The summed E-state index contributed by atoms with van der Waals surface area (Å²) in [5.74, 6) is 1.01. The molecule has 2 heterocycles. The summed E-state index contributed by atoms with van der Waals surface area (Å²) in [6, 6.07) is 3.63. The van der Waals surface area contributed by atoms with Gasteiger partial charge in [0.25, 0.3) is 0 Å². The number of nitrogens with one attached hydrogen (secondary N) is 1. The van der Waals surface area contributed by atoms with Crippen LogP contribution in [0.4, 0.5) is 19.0 Å². The maximum Gasteiger partial charge on any atom is 0.416 e. The molecule has 0 radical (unpaired) electrons. The van der Waals surface area contributed by atoms with Crippen LogP contribution in [0, 0.1) is 5.92 Å². The number of fused-ring (bicyclic) bond motifs is 1. The summed E-state index contributed by atoms with van der Waals surface area (Å²) in [7, 11) is 0. The van der Waals surface area contributed by atoms with E-state index in [1.165, 1.54) is 12.4 Å². The van der Waals surface area contributed by atoms with Crippen LogP contribution in [-0.2, 0) is 6.18 Å². The highest BCUT2D eigenvalue weighted by molar-refractivity contribution is 5.90. The zero-order chi connectivity index (χ0) is 17.9. The predicted molar refractivity (Wildman–Crippen MR) is 91.4 cm³/mol. The van der Waals surface area contributed by atoms with Gasteiger partial charge in [0.1, 0.15) is 12.1 Å². The smallest absolute Gasteiger partial charge is 0.356 e. The number of nitrogens with two attached hydrogens (primary N) is 1. The van der Waals surface area contributed by atoms with Crippen molar-refractivity contribution in [2.24, 2.45) is 11.7 Å². The number of halogens is 3. The van der Waals surface area contributed by atoms with Crippen molar-refractivity contribution in [3.8, 4) is 0 Å². The third-order valence-electron chi connectivity index (χ3n) is 4.51. The summed E-state index contributed by atoms with van der Waals surface area (Å²) in [6.45, 7) is 3.76. The standard InChI is InChI=1S/C17H22F3N5/c18-17(19,20)13-3-4-15-14(8-13)16(24-11-23-15)25-7-1-2-12(10-25)9-22-6-5-21/h3-4,8,11-12,22H,1-2,5-7,9-10,21H2. The fourth-order valence-electron chi connectivity index (χ4n) is 3.30. The Bertz CT molecular complexity index is 719. The molecule has 0 aliphatic carbocycles. The van der Waals surface area contributed by atoms with Gasteiger partial charge in [-0.3, -0.25) is 0 Å². The van der Waals surface area contributed by atoms with Crippen molar-refractivity contribution in [1.82, 2.24) is 15.3 Å². The molecule has 1 atom stereocenters. The number of rotatable bonds is 5. The number of hydrogen-bond acceptors (Lipinski definition) is 5. The average molecular weight is 353 g/mol. The van der Waals surface area contributed by atoms with Gasteiger partial charge in [-0.05, 0) is 43.5 Å². The highest BCUT2D eigenvalue weighted by Crippen LogP contribution is 2.34. The summed E-state index contributed by atoms with van der Waals surface area (Å²) < 4.78 is 39.2. The largest absolute Gasteiger partial charge is 0.416 e. The van der Waals surface area contributed by atoms with Crippen LogP contribution in [0.3, 0.4) is 0 Å². The number of anilines is 1. The second-order valence-electron chi connectivity index (χ2n) is 6.37. The zero-order valence-electron chi connectivity index (χ0n) is 13.9. The molecule has 0 saturated carbocycles. The Kier molecular flexibility index (Phi) is 5.39. The van der Waals surface area contributed by atoms with Crippen LogP contribution in [0.5, 0.6) is 0 Å². The van der Waals surface area contributed by atoms with Gasteiger partial charge in [-0.25, -0.2) is 9.97 Å². The molecule has 25 heavy (non-hydrogen) atoms. The lowest BCUT2D eigenvalue weighted by Crippen LogP contribution is -2.41. The van der Waals surface area contributed by atoms with Crippen LogP contribution in [0.25, 0.3) is 10.9 Å². The molecule has 0 spiro atoms. The minimum absolute atomic E-state index is 0.427. The number of benzene rings is 1. The van der Waals surface area contributed by atoms with E-state index >= 15 is 0 Å². The Balaban J connectivity index is 1.86. The van der Waals surface area contributed by atoms with Gasteiger partial charge in [0.15, 0.2) is 0 Å². The Labute approximate surface area is 144 Å². The van der Waals surface area contributed by atoms with Crippen LogP contribution >= 0.6 is 0 Å². The molecule has 1 saturated heterocycles. The number of aromatic nitrogens is 2. The van der Waals surface area contributed by atoms with Crippen LogP contribution in [-0.4, -0.2) is 42.7 Å². The summed E-state index contributed by atoms with van der Waals surface area (Å²) >= 11 is 0. The molecule has 0 amide bonds. The van der Waals surface area contributed by atoms with Crippen LogP contribution in [0.2, 0.25) is 0 Å². The first-order chi connectivity index (χ1) is 12.0. The summed E-state index contributed by atoms with van der Waals surface area (Å²) in [5.41, 5.74) is 5.35. The number of piperidine rings is 1. The van der Waals surface area contributed by atoms with Gasteiger partial charge in [-0.2, -0.15) is 13.2 Å². The maximum absolute atomic E-state index is 13.1. The minimum atomic E-state index is -4.38. The Morgan fingerprint density at radius 1 is 1.28 bits per heavy atom. The molecule has 1 aliphatic rings. The lowest BCUT2D eigenvalue weighted by atomic mass is 9.97. The lowest BCUT2D eigenvalue weighted by molar-refractivity contribution is -0.137. The summed E-state index contributed by atoms with van der Waals surface area (Å²) in [4.78, 5) is 10.5. The molecule has 3 rings (SSSR count). The highest BCUT2D eigenvalue weighted by Gasteiger charge is 2.31. The molecule has 0 bridgehead atoms. The minimum Gasteiger partial charge on any atom is -0.356 e. The molecular weight excluding hydrogens is 331 g/mol. The van der Waals surface area contributed by atoms with E-state index < -0.39 is 11.7 Å². The van der Waals surface area contributed by atoms with Gasteiger partial charge in [0.05, 0.1) is 11.1 Å². The molecule has 1 unspecified atom stereocenters. The van der Waals surface area contributed by atoms with E-state index in [0.717, 1.165) is 51.2 Å². The van der Waals surface area contributed by atoms with Gasteiger partial charge in [0.2, 0.25) is 0 Å². The van der Waals surface area contributed by atoms with Crippen molar-refractivity contribution in [3.05, 3.63) is 30.1 Å². The highest BCUT2D eigenvalue weighted by atomic mass is 19.4. The van der Waals surface area contributed by atoms with E-state index in [1.54, 1.807) is 0 Å². The molecule has 5 nitrogen and oxygen atoms in total. The van der Waals surface area contributed by atoms with Gasteiger partial charge < -0.3 is 16.0 Å². The molecule has 1 aromatic heterocycles. The fourth-order valence-corrected chi connectivity index (χ4v) is 3.30. The van der Waals surface area contributed by atoms with Crippen molar-refractivity contribution in [1.29, 1.82) is 0 Å². The first-order valence-corrected chi connectivity index (χ1v) is 8.46. The number of alkyl halides is 3. The molecule has 2 aromatic rings. The fraction of sp³-hybridized carbons (Fsp3) is 0.529. The second-order valence-corrected chi connectivity index (χ2v) is 6.37. The van der Waals surface area contributed by atoms with Gasteiger partial charge >= 0.3 is 6.18 Å². The molecule has 3 N–H and O–H groups in total. The van der Waals surface area contributed by atoms with Crippen molar-refractivity contribution in [3.63, 3.8) is 0 Å². The SMILES string of the molecule is NCCNCC1CCCN(c2ncnc3ccc(C(F)(F)F)cc23)C1. The van der Waals surface area contributed by atoms with Gasteiger partial charge in [-0.15, -0.1) is 0 Å². The Morgan fingerprint density at radius 3 is 2.88 bits per heavy atom. The van der Waals surface area contributed by atoms with Crippen molar-refractivity contribution >= 4 is 16.7 Å². The number of hydrogen-bond donors (Lipinski definition) is 2. The van der Waals surface area contributed by atoms with Crippen molar-refractivity contribution < 1.29 is 13.2 Å². The van der Waals surface area contributed by atoms with E-state index in [1.807, 2.05) is 0 Å². The molecule has 1 aromatic carbocycles. The lowest BCUT2D eigenvalue weighted by Gasteiger charge is -2.34. The monoisotopic (exact) mass is 353 g/mol. The van der Waals surface area contributed by atoms with E-state index in [-0.39, 0.29) is 0 Å². The molecular formula is C17H22F3N5. The second kappa shape index (κ2) is 7.53. The van der Waals surface area contributed by atoms with Crippen LogP contribution < -0.4 is 16.0 Å². The maximum atomic E-state index is 13.1. The zero-order valence-corrected chi connectivity index (χ0v) is 13.9. The predicted octanol–water partition coefficient (Wildman–Crippen LogP) is 2.41. The van der Waals surface area contributed by atoms with Gasteiger partial charge in [-0.1, -0.05) is 0 Å². The normalized spacial score (nSPS) is 18.7. The van der Waals surface area contributed by atoms with Crippen LogP contribution in [0.1, 0.15) is 18.4 Å². The van der Waals surface area contributed by atoms with Crippen molar-refractivity contribution in [2.75, 3.05) is 37.6 Å². The average Bonchev–Trinajstić information content (AvgIpc) is 2.60. The number of nitrogens with zero attached hydrogens (tertiary/aromatic N) is 3. The van der Waals surface area contributed by atoms with Crippen molar-refractivity contribution in [2.45, 2.75) is 19.0 Å². The topological polar surface area (TPSA) is 67.1 Å². The van der Waals surface area contributed by atoms with E-state index in [2.05, 4.69) is 20.2 Å². The quantitative estimate of drug-likeness (QED) is 0.808. The van der Waals surface area contributed by atoms with Gasteiger partial charge in [0, 0.05) is 31.6 Å². The molecule has 136 valence electrons. The molecule has 8 heteroatoms. The van der Waals surface area contributed by atoms with E-state index in [0.29, 0.717) is 29.2 Å².